The zero-order chi connectivity index (χ0) is 13.9. The molecule has 0 radical (unpaired) electrons. The lowest BCUT2D eigenvalue weighted by atomic mass is 10.0. The molecule has 2 atom stereocenters. The van der Waals surface area contributed by atoms with Gasteiger partial charge in [-0.15, -0.1) is 0 Å². The molecule has 0 aliphatic carbocycles. The molecule has 0 amide bonds. The van der Waals surface area contributed by atoms with E-state index in [4.69, 9.17) is 9.15 Å². The van der Waals surface area contributed by atoms with Gasteiger partial charge in [0.25, 0.3) is 0 Å². The minimum atomic E-state index is -0.231. The van der Waals surface area contributed by atoms with E-state index in [2.05, 4.69) is 5.32 Å². The maximum atomic E-state index is 13.2. The maximum absolute atomic E-state index is 13.2. The van der Waals surface area contributed by atoms with Crippen LogP contribution in [0.25, 0.3) is 11.0 Å². The first kappa shape index (κ1) is 13.6. The summed E-state index contributed by atoms with van der Waals surface area (Å²) < 4.78 is 24.7. The molecule has 0 saturated carbocycles. The molecule has 1 N–H and O–H groups in total. The zero-order valence-electron chi connectivity index (χ0n) is 11.7. The van der Waals surface area contributed by atoms with Crippen LogP contribution < -0.4 is 5.32 Å². The quantitative estimate of drug-likeness (QED) is 0.903. The first-order chi connectivity index (χ1) is 9.76. The standard InChI is InChI=1S/C16H20FNO2/c1-18-14(6-5-13-3-2-8-19-13)16-10-11-9-12(17)4-7-15(11)20-16/h4,7,9-10,13-14,18H,2-3,5-6,8H2,1H3. The van der Waals surface area contributed by atoms with Crippen LogP contribution in [0.15, 0.2) is 28.7 Å². The van der Waals surface area contributed by atoms with Crippen molar-refractivity contribution in [2.75, 3.05) is 13.7 Å². The Hall–Kier alpha value is -1.39. The molecule has 0 bridgehead atoms. The van der Waals surface area contributed by atoms with Gasteiger partial charge < -0.3 is 14.5 Å². The minimum absolute atomic E-state index is 0.148. The van der Waals surface area contributed by atoms with Gasteiger partial charge in [-0.1, -0.05) is 0 Å². The van der Waals surface area contributed by atoms with Crippen molar-refractivity contribution >= 4 is 11.0 Å². The van der Waals surface area contributed by atoms with Crippen LogP contribution in [0.5, 0.6) is 0 Å². The predicted octanol–water partition coefficient (Wildman–Crippen LogP) is 3.79. The number of hydrogen-bond acceptors (Lipinski definition) is 3. The lowest BCUT2D eigenvalue weighted by Gasteiger charge is -2.16. The molecule has 2 aromatic rings. The van der Waals surface area contributed by atoms with E-state index in [0.717, 1.165) is 42.6 Å². The van der Waals surface area contributed by atoms with Gasteiger partial charge in [0, 0.05) is 12.0 Å². The minimum Gasteiger partial charge on any atom is -0.459 e. The largest absolute Gasteiger partial charge is 0.459 e. The molecule has 1 aromatic carbocycles. The van der Waals surface area contributed by atoms with Crippen molar-refractivity contribution in [3.63, 3.8) is 0 Å². The Morgan fingerprint density at radius 3 is 3.05 bits per heavy atom. The third-order valence-electron chi connectivity index (χ3n) is 3.99. The van der Waals surface area contributed by atoms with Crippen molar-refractivity contribution < 1.29 is 13.5 Å². The number of halogens is 1. The average Bonchev–Trinajstić information content (AvgIpc) is 3.08. The second-order valence-electron chi connectivity index (χ2n) is 5.38. The topological polar surface area (TPSA) is 34.4 Å². The van der Waals surface area contributed by atoms with Crippen LogP contribution in [-0.4, -0.2) is 19.8 Å². The van der Waals surface area contributed by atoms with Gasteiger partial charge >= 0.3 is 0 Å². The van der Waals surface area contributed by atoms with Crippen molar-refractivity contribution in [2.45, 2.75) is 37.8 Å². The van der Waals surface area contributed by atoms with Gasteiger partial charge in [0.2, 0.25) is 0 Å². The van der Waals surface area contributed by atoms with Crippen LogP contribution in [0.1, 0.15) is 37.5 Å². The molecular formula is C16H20FNO2. The molecule has 3 nitrogen and oxygen atoms in total. The van der Waals surface area contributed by atoms with E-state index in [1.54, 1.807) is 6.07 Å². The van der Waals surface area contributed by atoms with E-state index in [1.165, 1.54) is 18.6 Å². The van der Waals surface area contributed by atoms with Crippen molar-refractivity contribution in [1.82, 2.24) is 5.32 Å². The molecule has 108 valence electrons. The molecule has 3 rings (SSSR count). The van der Waals surface area contributed by atoms with E-state index in [-0.39, 0.29) is 11.9 Å². The normalized spacial score (nSPS) is 20.6. The summed E-state index contributed by atoms with van der Waals surface area (Å²) in [4.78, 5) is 0. The summed E-state index contributed by atoms with van der Waals surface area (Å²) in [6, 6.07) is 6.69. The van der Waals surface area contributed by atoms with Gasteiger partial charge in [0.1, 0.15) is 17.2 Å². The predicted molar refractivity (Wildman–Crippen MR) is 76.2 cm³/mol. The Labute approximate surface area is 118 Å². The molecular weight excluding hydrogens is 257 g/mol. The average molecular weight is 277 g/mol. The van der Waals surface area contributed by atoms with Crippen LogP contribution >= 0.6 is 0 Å². The lowest BCUT2D eigenvalue weighted by molar-refractivity contribution is 0.0992. The zero-order valence-corrected chi connectivity index (χ0v) is 11.7. The van der Waals surface area contributed by atoms with E-state index >= 15 is 0 Å². The van der Waals surface area contributed by atoms with E-state index < -0.39 is 0 Å². The number of ether oxygens (including phenoxy) is 1. The monoisotopic (exact) mass is 277 g/mol. The Morgan fingerprint density at radius 2 is 2.30 bits per heavy atom. The Morgan fingerprint density at radius 1 is 1.40 bits per heavy atom. The first-order valence-electron chi connectivity index (χ1n) is 7.24. The van der Waals surface area contributed by atoms with Crippen LogP contribution in [0.2, 0.25) is 0 Å². The molecule has 20 heavy (non-hydrogen) atoms. The smallest absolute Gasteiger partial charge is 0.134 e. The maximum Gasteiger partial charge on any atom is 0.134 e. The van der Waals surface area contributed by atoms with Crippen LogP contribution in [0.4, 0.5) is 4.39 Å². The van der Waals surface area contributed by atoms with E-state index in [1.807, 2.05) is 13.1 Å². The van der Waals surface area contributed by atoms with Gasteiger partial charge in [-0.25, -0.2) is 4.39 Å². The molecule has 1 aliphatic rings. The number of hydrogen-bond donors (Lipinski definition) is 1. The summed E-state index contributed by atoms with van der Waals surface area (Å²) in [5.41, 5.74) is 0.735. The first-order valence-corrected chi connectivity index (χ1v) is 7.24. The highest BCUT2D eigenvalue weighted by molar-refractivity contribution is 5.78. The van der Waals surface area contributed by atoms with Gasteiger partial charge in [-0.05, 0) is 57.0 Å². The summed E-state index contributed by atoms with van der Waals surface area (Å²) in [5, 5.41) is 4.09. The fraction of sp³-hybridized carbons (Fsp3) is 0.500. The number of benzene rings is 1. The highest BCUT2D eigenvalue weighted by atomic mass is 19.1. The van der Waals surface area contributed by atoms with Crippen LogP contribution in [0.3, 0.4) is 0 Å². The molecule has 2 heterocycles. The summed E-state index contributed by atoms with van der Waals surface area (Å²) in [5.74, 6) is 0.635. The van der Waals surface area contributed by atoms with Crippen molar-refractivity contribution in [3.05, 3.63) is 35.8 Å². The summed E-state index contributed by atoms with van der Waals surface area (Å²) >= 11 is 0. The summed E-state index contributed by atoms with van der Waals surface area (Å²) in [6.07, 6.45) is 4.69. The third kappa shape index (κ3) is 2.86. The molecule has 2 unspecified atom stereocenters. The van der Waals surface area contributed by atoms with E-state index in [0.29, 0.717) is 6.10 Å². The third-order valence-corrected chi connectivity index (χ3v) is 3.99. The number of fused-ring (bicyclic) bond motifs is 1. The van der Waals surface area contributed by atoms with Crippen molar-refractivity contribution in [1.29, 1.82) is 0 Å². The van der Waals surface area contributed by atoms with Gasteiger partial charge in [-0.2, -0.15) is 0 Å². The van der Waals surface area contributed by atoms with Crippen LogP contribution in [0, 0.1) is 5.82 Å². The highest BCUT2D eigenvalue weighted by Crippen LogP contribution is 2.28. The lowest BCUT2D eigenvalue weighted by Crippen LogP contribution is -2.18. The number of furan rings is 1. The van der Waals surface area contributed by atoms with E-state index in [9.17, 15) is 4.39 Å². The summed E-state index contributed by atoms with van der Waals surface area (Å²) in [7, 11) is 1.92. The highest BCUT2D eigenvalue weighted by Gasteiger charge is 2.20. The second kappa shape index (κ2) is 5.94. The van der Waals surface area contributed by atoms with Gasteiger partial charge in [0.15, 0.2) is 0 Å². The number of rotatable bonds is 5. The van der Waals surface area contributed by atoms with Gasteiger partial charge in [-0.3, -0.25) is 0 Å². The molecule has 0 spiro atoms. The Bertz CT molecular complexity index is 575. The molecule has 1 saturated heterocycles. The Balaban J connectivity index is 1.72. The number of nitrogens with one attached hydrogen (secondary N) is 1. The Kier molecular flexibility index (Phi) is 4.03. The molecule has 1 aliphatic heterocycles. The van der Waals surface area contributed by atoms with Crippen molar-refractivity contribution in [3.8, 4) is 0 Å². The fourth-order valence-corrected chi connectivity index (χ4v) is 2.86. The second-order valence-corrected chi connectivity index (χ2v) is 5.38. The SMILES string of the molecule is CNC(CCC1CCCO1)c1cc2cc(F)ccc2o1. The molecule has 1 fully saturated rings. The fourth-order valence-electron chi connectivity index (χ4n) is 2.86. The van der Waals surface area contributed by atoms with Crippen LogP contribution in [-0.2, 0) is 4.74 Å². The van der Waals surface area contributed by atoms with Gasteiger partial charge in [0.05, 0.1) is 12.1 Å². The molecule has 1 aromatic heterocycles. The van der Waals surface area contributed by atoms with Crippen molar-refractivity contribution in [2.24, 2.45) is 0 Å². The molecule has 4 heteroatoms. The summed E-state index contributed by atoms with van der Waals surface area (Å²) in [6.45, 7) is 0.888.